The van der Waals surface area contributed by atoms with Gasteiger partial charge in [-0.25, -0.2) is 26.5 Å². The molecule has 0 aliphatic carbocycles. The highest BCUT2D eigenvalue weighted by molar-refractivity contribution is 7.91. The van der Waals surface area contributed by atoms with E-state index in [1.165, 1.54) is 11.3 Å². The number of rotatable bonds is 11. The fourth-order valence-electron chi connectivity index (χ4n) is 4.52. The number of unbranched alkanes of at least 4 members (excludes halogenated alkanes) is 2. The van der Waals surface area contributed by atoms with Crippen LogP contribution in [-0.2, 0) is 26.6 Å². The zero-order valence-corrected chi connectivity index (χ0v) is 22.8. The Bertz CT molecular complexity index is 1340. The van der Waals surface area contributed by atoms with Gasteiger partial charge in [-0.05, 0) is 55.3 Å². The number of piperidine rings is 1. The first-order chi connectivity index (χ1) is 16.8. The molecule has 3 aromatic rings. The summed E-state index contributed by atoms with van der Waals surface area (Å²) in [6, 6.07) is 8.58. The van der Waals surface area contributed by atoms with Crippen molar-refractivity contribution in [1.82, 2.24) is 18.6 Å². The van der Waals surface area contributed by atoms with E-state index < -0.39 is 20.0 Å². The number of nitrogens with one attached hydrogen (secondary N) is 1. The average molecular weight is 539 g/mol. The number of fused-ring (bicyclic) bond motifs is 1. The third kappa shape index (κ3) is 5.64. The van der Waals surface area contributed by atoms with Crippen molar-refractivity contribution in [2.75, 3.05) is 19.6 Å². The highest BCUT2D eigenvalue weighted by Crippen LogP contribution is 2.34. The molecule has 192 valence electrons. The van der Waals surface area contributed by atoms with Crippen molar-refractivity contribution in [1.29, 1.82) is 0 Å². The van der Waals surface area contributed by atoms with Crippen molar-refractivity contribution in [2.24, 2.45) is 0 Å². The van der Waals surface area contributed by atoms with Gasteiger partial charge in [0.1, 0.15) is 10.0 Å². The minimum Gasteiger partial charge on any atom is -0.328 e. The van der Waals surface area contributed by atoms with Gasteiger partial charge < -0.3 is 4.57 Å². The molecular weight excluding hydrogens is 504 g/mol. The highest BCUT2D eigenvalue weighted by Gasteiger charge is 2.32. The summed E-state index contributed by atoms with van der Waals surface area (Å²) < 4.78 is 58.1. The molecule has 3 heterocycles. The molecule has 2 aromatic heterocycles. The number of aryl methyl sites for hydroxylation is 1. The molecular formula is C24H34N4O4S3. The Morgan fingerprint density at radius 3 is 2.46 bits per heavy atom. The molecule has 1 aliphatic rings. The third-order valence-electron chi connectivity index (χ3n) is 6.53. The first-order valence-corrected chi connectivity index (χ1v) is 16.1. The van der Waals surface area contributed by atoms with Crippen LogP contribution in [0.5, 0.6) is 0 Å². The number of thiophene rings is 1. The topological polar surface area (TPSA) is 101 Å². The lowest BCUT2D eigenvalue weighted by Gasteiger charge is -2.30. The van der Waals surface area contributed by atoms with E-state index in [-0.39, 0.29) is 10.8 Å². The number of benzene rings is 1. The average Bonchev–Trinajstić information content (AvgIpc) is 3.51. The van der Waals surface area contributed by atoms with E-state index >= 15 is 0 Å². The molecule has 1 fully saturated rings. The van der Waals surface area contributed by atoms with E-state index in [4.69, 9.17) is 4.98 Å². The predicted molar refractivity (Wildman–Crippen MR) is 140 cm³/mol. The van der Waals surface area contributed by atoms with Gasteiger partial charge in [0.15, 0.2) is 0 Å². The lowest BCUT2D eigenvalue weighted by atomic mass is 9.97. The predicted octanol–water partition coefficient (Wildman–Crippen LogP) is 4.54. The Morgan fingerprint density at radius 2 is 1.80 bits per heavy atom. The van der Waals surface area contributed by atoms with Gasteiger partial charge in [-0.1, -0.05) is 32.8 Å². The van der Waals surface area contributed by atoms with Crippen LogP contribution in [0.4, 0.5) is 0 Å². The lowest BCUT2D eigenvalue weighted by Crippen LogP contribution is -2.38. The SMILES string of the molecule is CCCCNS(=O)(=O)c1ccc2c(c1)nc(C1CCN(S(=O)(=O)c3cccs3)CC1)n2CCCC. The second-order valence-electron chi connectivity index (χ2n) is 8.99. The van der Waals surface area contributed by atoms with Crippen LogP contribution < -0.4 is 4.72 Å². The normalized spacial score (nSPS) is 16.3. The minimum atomic E-state index is -3.59. The fourth-order valence-corrected chi connectivity index (χ4v) is 8.22. The van der Waals surface area contributed by atoms with E-state index in [1.807, 2.05) is 13.0 Å². The number of nitrogens with zero attached hydrogens (tertiary/aromatic N) is 3. The minimum absolute atomic E-state index is 0.122. The molecule has 1 aromatic carbocycles. The molecule has 11 heteroatoms. The maximum Gasteiger partial charge on any atom is 0.252 e. The molecule has 1 N–H and O–H groups in total. The summed E-state index contributed by atoms with van der Waals surface area (Å²) in [5.74, 6) is 1.05. The maximum atomic E-state index is 12.9. The molecule has 35 heavy (non-hydrogen) atoms. The molecule has 0 amide bonds. The van der Waals surface area contributed by atoms with E-state index in [2.05, 4.69) is 16.2 Å². The summed E-state index contributed by atoms with van der Waals surface area (Å²) >= 11 is 1.24. The van der Waals surface area contributed by atoms with Gasteiger partial charge in [0, 0.05) is 32.1 Å². The van der Waals surface area contributed by atoms with Crippen LogP contribution in [0.2, 0.25) is 0 Å². The number of imidazole rings is 1. The zero-order valence-electron chi connectivity index (χ0n) is 20.3. The summed E-state index contributed by atoms with van der Waals surface area (Å²) in [7, 11) is -7.04. The van der Waals surface area contributed by atoms with E-state index in [1.54, 1.807) is 34.0 Å². The lowest BCUT2D eigenvalue weighted by molar-refractivity contribution is 0.310. The smallest absolute Gasteiger partial charge is 0.252 e. The third-order valence-corrected chi connectivity index (χ3v) is 11.3. The van der Waals surface area contributed by atoms with Crippen molar-refractivity contribution in [3.05, 3.63) is 41.5 Å². The molecule has 4 rings (SSSR count). The molecule has 0 bridgehead atoms. The summed E-state index contributed by atoms with van der Waals surface area (Å²) in [6.45, 7) is 6.27. The van der Waals surface area contributed by atoms with Gasteiger partial charge in [0.2, 0.25) is 10.0 Å². The number of aromatic nitrogens is 2. The Morgan fingerprint density at radius 1 is 1.06 bits per heavy atom. The summed E-state index contributed by atoms with van der Waals surface area (Å²) in [4.78, 5) is 5.13. The van der Waals surface area contributed by atoms with E-state index in [9.17, 15) is 16.8 Å². The van der Waals surface area contributed by atoms with Gasteiger partial charge >= 0.3 is 0 Å². The molecule has 0 unspecified atom stereocenters. The highest BCUT2D eigenvalue weighted by atomic mass is 32.2. The van der Waals surface area contributed by atoms with Gasteiger partial charge in [-0.2, -0.15) is 4.31 Å². The maximum absolute atomic E-state index is 12.9. The number of hydrogen-bond donors (Lipinski definition) is 1. The van der Waals surface area contributed by atoms with Gasteiger partial charge in [-0.3, -0.25) is 0 Å². The molecule has 1 saturated heterocycles. The first-order valence-electron chi connectivity index (χ1n) is 12.3. The van der Waals surface area contributed by atoms with Crippen LogP contribution in [-0.4, -0.2) is 50.3 Å². The molecule has 0 saturated carbocycles. The van der Waals surface area contributed by atoms with Crippen LogP contribution in [0.25, 0.3) is 11.0 Å². The quantitative estimate of drug-likeness (QED) is 0.361. The van der Waals surface area contributed by atoms with Crippen molar-refractivity contribution in [2.45, 2.75) is 73.9 Å². The fraction of sp³-hybridized carbons (Fsp3) is 0.542. The van der Waals surface area contributed by atoms with Crippen molar-refractivity contribution >= 4 is 42.4 Å². The van der Waals surface area contributed by atoms with Crippen molar-refractivity contribution in [3.8, 4) is 0 Å². The van der Waals surface area contributed by atoms with Crippen LogP contribution in [0.1, 0.15) is 64.1 Å². The Balaban J connectivity index is 1.59. The van der Waals surface area contributed by atoms with Gasteiger partial charge in [-0.15, -0.1) is 11.3 Å². The second kappa shape index (κ2) is 11.1. The van der Waals surface area contributed by atoms with E-state index in [0.29, 0.717) is 42.2 Å². The van der Waals surface area contributed by atoms with Gasteiger partial charge in [0.25, 0.3) is 10.0 Å². The molecule has 0 spiro atoms. The second-order valence-corrected chi connectivity index (χ2v) is 13.9. The van der Waals surface area contributed by atoms with Crippen molar-refractivity contribution in [3.63, 3.8) is 0 Å². The first kappa shape index (κ1) is 26.3. The summed E-state index contributed by atoms with van der Waals surface area (Å²) in [5.41, 5.74) is 1.60. The number of sulfonamides is 2. The Labute approximate surface area is 212 Å². The number of hydrogen-bond acceptors (Lipinski definition) is 6. The van der Waals surface area contributed by atoms with Crippen LogP contribution in [0, 0.1) is 0 Å². The Hall–Kier alpha value is -1.79. The standard InChI is InChI=1S/C24H34N4O4S3/c1-3-5-13-25-34(29,30)20-9-10-22-21(18-20)26-24(28(22)14-6-4-2)19-11-15-27(16-12-19)35(31,32)23-8-7-17-33-23/h7-10,17-19,25H,3-6,11-16H2,1-2H3. The molecule has 8 nitrogen and oxygen atoms in total. The molecule has 0 atom stereocenters. The van der Waals surface area contributed by atoms with E-state index in [0.717, 1.165) is 43.6 Å². The Kier molecular flexibility index (Phi) is 8.32. The summed E-state index contributed by atoms with van der Waals surface area (Å²) in [5, 5.41) is 1.78. The van der Waals surface area contributed by atoms with Crippen molar-refractivity contribution < 1.29 is 16.8 Å². The summed E-state index contributed by atoms with van der Waals surface area (Å²) in [6.07, 6.45) is 5.10. The van der Waals surface area contributed by atoms with Crippen LogP contribution in [0.3, 0.4) is 0 Å². The monoisotopic (exact) mass is 538 g/mol. The molecule has 0 radical (unpaired) electrons. The molecule has 1 aliphatic heterocycles. The van der Waals surface area contributed by atoms with Crippen LogP contribution in [0.15, 0.2) is 44.8 Å². The largest absolute Gasteiger partial charge is 0.328 e. The zero-order chi connectivity index (χ0) is 25.1. The van der Waals surface area contributed by atoms with Crippen LogP contribution >= 0.6 is 11.3 Å². The van der Waals surface area contributed by atoms with Gasteiger partial charge in [0.05, 0.1) is 15.9 Å².